The van der Waals surface area contributed by atoms with Crippen molar-refractivity contribution < 1.29 is 9.59 Å². The fourth-order valence-electron chi connectivity index (χ4n) is 5.03. The third-order valence-corrected chi connectivity index (χ3v) is 6.36. The first-order valence-corrected chi connectivity index (χ1v) is 10.5. The number of likely N-dealkylation sites (tertiary alicyclic amines) is 1. The molecule has 0 aromatic carbocycles. The van der Waals surface area contributed by atoms with Gasteiger partial charge in [-0.05, 0) is 44.6 Å². The van der Waals surface area contributed by atoms with Gasteiger partial charge in [-0.15, -0.1) is 0 Å². The number of imide groups is 1. The first-order valence-electron chi connectivity index (χ1n) is 10.5. The normalized spacial score (nSPS) is 27.8. The van der Waals surface area contributed by atoms with E-state index in [1.54, 1.807) is 7.05 Å². The predicted octanol–water partition coefficient (Wildman–Crippen LogP) is 0.862. The predicted molar refractivity (Wildman–Crippen MR) is 110 cm³/mol. The average molecular weight is 399 g/mol. The van der Waals surface area contributed by atoms with Gasteiger partial charge in [-0.3, -0.25) is 24.2 Å². The van der Waals surface area contributed by atoms with Crippen molar-refractivity contribution in [2.75, 3.05) is 26.7 Å². The molecular formula is C21H30N6O2. The lowest BCUT2D eigenvalue weighted by molar-refractivity contribution is -0.140. The zero-order valence-electron chi connectivity index (χ0n) is 17.4. The highest BCUT2D eigenvalue weighted by Gasteiger charge is 2.58. The van der Waals surface area contributed by atoms with E-state index in [1.165, 1.54) is 10.6 Å². The van der Waals surface area contributed by atoms with Gasteiger partial charge in [0, 0.05) is 38.9 Å². The van der Waals surface area contributed by atoms with Crippen LogP contribution in [0.2, 0.25) is 0 Å². The quantitative estimate of drug-likeness (QED) is 0.234. The van der Waals surface area contributed by atoms with Crippen LogP contribution in [0.25, 0.3) is 0 Å². The number of amides is 2. The van der Waals surface area contributed by atoms with Crippen molar-refractivity contribution in [1.82, 2.24) is 25.3 Å². The first kappa shape index (κ1) is 19.7. The second-order valence-electron chi connectivity index (χ2n) is 8.26. The molecule has 1 aromatic rings. The molecule has 0 radical (unpaired) electrons. The minimum absolute atomic E-state index is 0.00600. The monoisotopic (exact) mass is 398 g/mol. The molecular weight excluding hydrogens is 368 g/mol. The van der Waals surface area contributed by atoms with Gasteiger partial charge >= 0.3 is 0 Å². The van der Waals surface area contributed by atoms with Crippen molar-refractivity contribution in [2.24, 2.45) is 28.7 Å². The molecule has 2 aliphatic carbocycles. The molecule has 2 N–H and O–H groups in total. The number of guanidine groups is 1. The van der Waals surface area contributed by atoms with Crippen molar-refractivity contribution in [3.63, 3.8) is 0 Å². The number of allylic oxidation sites excluding steroid dienone is 2. The van der Waals surface area contributed by atoms with Gasteiger partial charge in [0.05, 0.1) is 17.5 Å². The van der Waals surface area contributed by atoms with Crippen LogP contribution in [0.1, 0.15) is 24.2 Å². The number of nitrogens with zero attached hydrogens (tertiary/aromatic N) is 4. The van der Waals surface area contributed by atoms with Crippen molar-refractivity contribution in [1.29, 1.82) is 0 Å². The van der Waals surface area contributed by atoms with E-state index in [-0.39, 0.29) is 35.5 Å². The summed E-state index contributed by atoms with van der Waals surface area (Å²) in [6.07, 6.45) is 6.13. The maximum atomic E-state index is 12.7. The number of carbonyl (C=O) groups excluding carboxylic acids is 2. The number of fused-ring (bicyclic) bond motifs is 5. The summed E-state index contributed by atoms with van der Waals surface area (Å²) < 4.78 is 2.01. The van der Waals surface area contributed by atoms with Crippen molar-refractivity contribution in [3.05, 3.63) is 29.6 Å². The minimum atomic E-state index is -0.121. The number of aliphatic imine (C=N–C) groups is 1. The maximum Gasteiger partial charge on any atom is 0.233 e. The third kappa shape index (κ3) is 3.68. The van der Waals surface area contributed by atoms with Crippen LogP contribution in [0.3, 0.4) is 0 Å². The Balaban J connectivity index is 1.19. The number of aryl methyl sites for hydroxylation is 3. The molecule has 156 valence electrons. The fraction of sp³-hybridized carbons (Fsp3) is 0.619. The summed E-state index contributed by atoms with van der Waals surface area (Å²) >= 11 is 0. The van der Waals surface area contributed by atoms with Crippen LogP contribution in [-0.2, 0) is 16.1 Å². The van der Waals surface area contributed by atoms with Crippen molar-refractivity contribution in [2.45, 2.75) is 33.2 Å². The van der Waals surface area contributed by atoms with Gasteiger partial charge in [-0.25, -0.2) is 0 Å². The number of rotatable bonds is 7. The van der Waals surface area contributed by atoms with E-state index in [4.69, 9.17) is 0 Å². The molecule has 1 saturated heterocycles. The van der Waals surface area contributed by atoms with Crippen LogP contribution in [0.4, 0.5) is 0 Å². The summed E-state index contributed by atoms with van der Waals surface area (Å²) in [7, 11) is 1.72. The number of hydrogen-bond donors (Lipinski definition) is 2. The minimum Gasteiger partial charge on any atom is -0.356 e. The van der Waals surface area contributed by atoms with Crippen molar-refractivity contribution >= 4 is 17.8 Å². The van der Waals surface area contributed by atoms with Crippen molar-refractivity contribution in [3.8, 4) is 0 Å². The molecule has 2 heterocycles. The van der Waals surface area contributed by atoms with Gasteiger partial charge in [0.1, 0.15) is 0 Å². The summed E-state index contributed by atoms with van der Waals surface area (Å²) in [5, 5.41) is 11.0. The molecule has 3 aliphatic rings. The van der Waals surface area contributed by atoms with E-state index < -0.39 is 0 Å². The van der Waals surface area contributed by atoms with E-state index in [2.05, 4.69) is 45.9 Å². The van der Waals surface area contributed by atoms with Gasteiger partial charge in [0.25, 0.3) is 0 Å². The lowest BCUT2D eigenvalue weighted by Crippen LogP contribution is -2.44. The number of aromatic nitrogens is 2. The number of nitrogens with one attached hydrogen (secondary N) is 2. The van der Waals surface area contributed by atoms with Gasteiger partial charge < -0.3 is 10.6 Å². The molecule has 4 rings (SSSR count). The lowest BCUT2D eigenvalue weighted by Gasteiger charge is -2.18. The SMILES string of the molecule is CN=C(NCCCn1nc(C)cc1C)NCCN1C(=O)C2C3C=CC(C3)C2C1=O. The molecule has 29 heavy (non-hydrogen) atoms. The summed E-state index contributed by atoms with van der Waals surface area (Å²) in [5.41, 5.74) is 2.20. The molecule has 0 spiro atoms. The Labute approximate surface area is 171 Å². The Kier molecular flexibility index (Phi) is 5.43. The summed E-state index contributed by atoms with van der Waals surface area (Å²) in [6.45, 7) is 6.55. The van der Waals surface area contributed by atoms with E-state index in [0.29, 0.717) is 19.0 Å². The topological polar surface area (TPSA) is 91.6 Å². The Morgan fingerprint density at radius 3 is 2.34 bits per heavy atom. The molecule has 4 atom stereocenters. The molecule has 2 amide bonds. The van der Waals surface area contributed by atoms with Gasteiger partial charge in [0.15, 0.2) is 5.96 Å². The van der Waals surface area contributed by atoms with Crippen LogP contribution < -0.4 is 10.6 Å². The second-order valence-corrected chi connectivity index (χ2v) is 8.26. The van der Waals surface area contributed by atoms with Crippen LogP contribution in [0.15, 0.2) is 23.2 Å². The Morgan fingerprint density at radius 2 is 1.76 bits per heavy atom. The highest BCUT2D eigenvalue weighted by molar-refractivity contribution is 6.06. The van der Waals surface area contributed by atoms with Gasteiger partial charge in [-0.2, -0.15) is 5.10 Å². The summed E-state index contributed by atoms with van der Waals surface area (Å²) in [6, 6.07) is 2.07. The Morgan fingerprint density at radius 1 is 1.10 bits per heavy atom. The standard InChI is InChI=1S/C21H30N6O2/c1-13-11-14(2)27(25-13)9-4-7-23-21(22-3)24-8-10-26-19(28)17-15-5-6-16(12-15)18(17)20(26)29/h5-6,11,15-18H,4,7-10,12H2,1-3H3,(H2,22,23,24). The smallest absolute Gasteiger partial charge is 0.233 e. The molecule has 1 saturated carbocycles. The fourth-order valence-corrected chi connectivity index (χ4v) is 5.03. The Hall–Kier alpha value is -2.64. The molecule has 4 unspecified atom stereocenters. The molecule has 2 fully saturated rings. The van der Waals surface area contributed by atoms with Crippen LogP contribution in [0, 0.1) is 37.5 Å². The average Bonchev–Trinajstić information content (AvgIpc) is 3.44. The van der Waals surface area contributed by atoms with Crippen LogP contribution >= 0.6 is 0 Å². The molecule has 2 bridgehead atoms. The van der Waals surface area contributed by atoms with Gasteiger partial charge in [0.2, 0.25) is 11.8 Å². The second kappa shape index (κ2) is 8.00. The highest BCUT2D eigenvalue weighted by Crippen LogP contribution is 2.52. The molecule has 1 aliphatic heterocycles. The highest BCUT2D eigenvalue weighted by atomic mass is 16.2. The number of carbonyl (C=O) groups is 2. The van der Waals surface area contributed by atoms with E-state index in [9.17, 15) is 9.59 Å². The zero-order chi connectivity index (χ0) is 20.5. The van der Waals surface area contributed by atoms with E-state index >= 15 is 0 Å². The van der Waals surface area contributed by atoms with Crippen LogP contribution in [-0.4, -0.2) is 59.1 Å². The summed E-state index contributed by atoms with van der Waals surface area (Å²) in [5.74, 6) is 0.970. The van der Waals surface area contributed by atoms with E-state index in [1.807, 2.05) is 11.6 Å². The lowest BCUT2D eigenvalue weighted by atomic mass is 9.85. The summed E-state index contributed by atoms with van der Waals surface area (Å²) in [4.78, 5) is 31.1. The zero-order valence-corrected chi connectivity index (χ0v) is 17.4. The van der Waals surface area contributed by atoms with E-state index in [0.717, 1.165) is 31.6 Å². The Bertz CT molecular complexity index is 827. The largest absolute Gasteiger partial charge is 0.356 e. The maximum absolute atomic E-state index is 12.7. The number of hydrogen-bond acceptors (Lipinski definition) is 4. The third-order valence-electron chi connectivity index (χ3n) is 6.36. The molecule has 8 nitrogen and oxygen atoms in total. The molecule has 1 aromatic heterocycles. The first-order chi connectivity index (χ1) is 14.0. The van der Waals surface area contributed by atoms with Gasteiger partial charge in [-0.1, -0.05) is 12.2 Å². The molecule has 8 heteroatoms. The van der Waals surface area contributed by atoms with Crippen LogP contribution in [0.5, 0.6) is 0 Å².